The Balaban J connectivity index is 1.84. The van der Waals surface area contributed by atoms with E-state index in [4.69, 9.17) is 9.47 Å². The van der Waals surface area contributed by atoms with E-state index >= 15 is 0 Å². The Morgan fingerprint density at radius 2 is 1.60 bits per heavy atom. The molecule has 0 aliphatic heterocycles. The van der Waals surface area contributed by atoms with Crippen molar-refractivity contribution in [3.63, 3.8) is 0 Å². The zero-order valence-electron chi connectivity index (χ0n) is 14.8. The Morgan fingerprint density at radius 3 is 2.24 bits per heavy atom. The first kappa shape index (κ1) is 18.6. The quantitative estimate of drug-likeness (QED) is 0.521. The predicted octanol–water partition coefficient (Wildman–Crippen LogP) is 4.92. The Kier molecular flexibility index (Phi) is 7.57. The van der Waals surface area contributed by atoms with Crippen LogP contribution in [0.1, 0.15) is 32.3 Å². The minimum absolute atomic E-state index is 0.173. The number of carbonyl (C=O) groups is 1. The van der Waals surface area contributed by atoms with Crippen LogP contribution in [0.3, 0.4) is 0 Å². The van der Waals surface area contributed by atoms with E-state index in [1.54, 1.807) is 6.08 Å². The van der Waals surface area contributed by atoms with Crippen LogP contribution in [0, 0.1) is 0 Å². The van der Waals surface area contributed by atoms with Gasteiger partial charge in [0.2, 0.25) is 5.91 Å². The molecule has 0 aliphatic rings. The van der Waals surface area contributed by atoms with Crippen molar-refractivity contribution >= 4 is 17.7 Å². The van der Waals surface area contributed by atoms with Gasteiger partial charge in [0.15, 0.2) is 0 Å². The third-order valence-electron chi connectivity index (χ3n) is 3.51. The van der Waals surface area contributed by atoms with E-state index in [9.17, 15) is 4.79 Å². The summed E-state index contributed by atoms with van der Waals surface area (Å²) in [6.45, 7) is 5.43. The van der Waals surface area contributed by atoms with Gasteiger partial charge in [-0.25, -0.2) is 0 Å². The van der Waals surface area contributed by atoms with E-state index in [0.717, 1.165) is 35.6 Å². The van der Waals surface area contributed by atoms with Crippen molar-refractivity contribution in [1.82, 2.24) is 0 Å². The molecule has 25 heavy (non-hydrogen) atoms. The third kappa shape index (κ3) is 6.71. The van der Waals surface area contributed by atoms with E-state index in [0.29, 0.717) is 13.2 Å². The third-order valence-corrected chi connectivity index (χ3v) is 3.51. The number of rotatable bonds is 9. The van der Waals surface area contributed by atoms with Gasteiger partial charge in [-0.1, -0.05) is 25.5 Å². The summed E-state index contributed by atoms with van der Waals surface area (Å²) in [6.07, 6.45) is 5.43. The van der Waals surface area contributed by atoms with Crippen molar-refractivity contribution in [3.8, 4) is 11.5 Å². The normalized spacial score (nSPS) is 10.6. The van der Waals surface area contributed by atoms with Crippen LogP contribution in [0.2, 0.25) is 0 Å². The summed E-state index contributed by atoms with van der Waals surface area (Å²) in [5, 5.41) is 2.83. The molecule has 4 nitrogen and oxygen atoms in total. The molecule has 1 amide bonds. The van der Waals surface area contributed by atoms with Crippen molar-refractivity contribution in [2.75, 3.05) is 18.5 Å². The highest BCUT2D eigenvalue weighted by atomic mass is 16.5. The summed E-state index contributed by atoms with van der Waals surface area (Å²) in [4.78, 5) is 12.0. The fourth-order valence-corrected chi connectivity index (χ4v) is 2.17. The summed E-state index contributed by atoms with van der Waals surface area (Å²) < 4.78 is 11.0. The van der Waals surface area contributed by atoms with Gasteiger partial charge in [0.25, 0.3) is 0 Å². The fraction of sp³-hybridized carbons (Fsp3) is 0.286. The van der Waals surface area contributed by atoms with E-state index in [1.165, 1.54) is 6.08 Å². The molecular formula is C21H25NO3. The van der Waals surface area contributed by atoms with Crippen LogP contribution >= 0.6 is 0 Å². The van der Waals surface area contributed by atoms with Crippen LogP contribution in [0.5, 0.6) is 11.5 Å². The first-order valence-corrected chi connectivity index (χ1v) is 8.66. The highest BCUT2D eigenvalue weighted by Gasteiger charge is 1.99. The van der Waals surface area contributed by atoms with Gasteiger partial charge in [-0.15, -0.1) is 0 Å². The zero-order valence-corrected chi connectivity index (χ0v) is 14.8. The lowest BCUT2D eigenvalue weighted by atomic mass is 10.2. The van der Waals surface area contributed by atoms with E-state index in [-0.39, 0.29) is 5.91 Å². The summed E-state index contributed by atoms with van der Waals surface area (Å²) in [7, 11) is 0. The van der Waals surface area contributed by atoms with Crippen molar-refractivity contribution in [1.29, 1.82) is 0 Å². The van der Waals surface area contributed by atoms with Crippen molar-refractivity contribution in [3.05, 3.63) is 60.2 Å². The van der Waals surface area contributed by atoms with Gasteiger partial charge >= 0.3 is 0 Å². The van der Waals surface area contributed by atoms with Crippen LogP contribution in [0.25, 0.3) is 6.08 Å². The zero-order chi connectivity index (χ0) is 17.9. The molecule has 2 aromatic carbocycles. The predicted molar refractivity (Wildman–Crippen MR) is 102 cm³/mol. The summed E-state index contributed by atoms with van der Waals surface area (Å²) in [5.41, 5.74) is 1.68. The lowest BCUT2D eigenvalue weighted by Gasteiger charge is -2.07. The van der Waals surface area contributed by atoms with Crippen LogP contribution in [-0.4, -0.2) is 19.1 Å². The molecule has 0 aliphatic carbocycles. The summed E-state index contributed by atoms with van der Waals surface area (Å²) in [5.74, 6) is 1.47. The molecule has 0 unspecified atom stereocenters. The lowest BCUT2D eigenvalue weighted by molar-refractivity contribution is -0.111. The number of anilines is 1. The molecule has 0 radical (unpaired) electrons. The summed E-state index contributed by atoms with van der Waals surface area (Å²) >= 11 is 0. The highest BCUT2D eigenvalue weighted by Crippen LogP contribution is 2.16. The van der Waals surface area contributed by atoms with Gasteiger partial charge in [0.05, 0.1) is 13.2 Å². The first-order valence-electron chi connectivity index (χ1n) is 8.66. The molecule has 0 fully saturated rings. The maximum atomic E-state index is 12.0. The van der Waals surface area contributed by atoms with Crippen LogP contribution < -0.4 is 14.8 Å². The van der Waals surface area contributed by atoms with Crippen molar-refractivity contribution < 1.29 is 14.3 Å². The molecule has 0 saturated heterocycles. The number of unbranched alkanes of at least 4 members (excludes halogenated alkanes) is 1. The maximum Gasteiger partial charge on any atom is 0.248 e. The molecule has 0 spiro atoms. The van der Waals surface area contributed by atoms with Crippen LogP contribution in [0.4, 0.5) is 5.69 Å². The van der Waals surface area contributed by atoms with Gasteiger partial charge in [0.1, 0.15) is 11.5 Å². The molecule has 132 valence electrons. The number of hydrogen-bond acceptors (Lipinski definition) is 3. The Labute approximate surface area is 149 Å². The second-order valence-electron chi connectivity index (χ2n) is 5.55. The molecule has 0 heterocycles. The number of nitrogens with one attached hydrogen (secondary N) is 1. The molecule has 1 N–H and O–H groups in total. The second-order valence-corrected chi connectivity index (χ2v) is 5.55. The number of amides is 1. The number of benzene rings is 2. The minimum atomic E-state index is -0.173. The Morgan fingerprint density at radius 1 is 0.960 bits per heavy atom. The average Bonchev–Trinajstić information content (AvgIpc) is 2.63. The molecule has 2 rings (SSSR count). The van der Waals surface area contributed by atoms with Gasteiger partial charge in [-0.3, -0.25) is 4.79 Å². The Bertz CT molecular complexity index is 675. The molecule has 0 saturated carbocycles. The molecule has 2 aromatic rings. The largest absolute Gasteiger partial charge is 0.494 e. The average molecular weight is 339 g/mol. The maximum absolute atomic E-state index is 12.0. The first-order chi connectivity index (χ1) is 12.2. The van der Waals surface area contributed by atoms with Crippen LogP contribution in [0.15, 0.2) is 54.6 Å². The number of carbonyl (C=O) groups excluding carboxylic acids is 1. The fourth-order valence-electron chi connectivity index (χ4n) is 2.17. The number of ether oxygens (including phenoxy) is 2. The lowest BCUT2D eigenvalue weighted by Crippen LogP contribution is -2.07. The monoisotopic (exact) mass is 339 g/mol. The van der Waals surface area contributed by atoms with E-state index in [2.05, 4.69) is 12.2 Å². The SMILES string of the molecule is CCCCOc1ccc(NC(=O)C=Cc2ccc(OCC)cc2)cc1. The standard InChI is InChI=1S/C21H25NO3/c1-3-5-16-25-20-13-9-18(10-14-20)22-21(23)15-8-17-6-11-19(12-7-17)24-4-2/h6-15H,3-5,16H2,1-2H3,(H,22,23). The van der Waals surface area contributed by atoms with Crippen molar-refractivity contribution in [2.45, 2.75) is 26.7 Å². The van der Waals surface area contributed by atoms with Crippen molar-refractivity contribution in [2.24, 2.45) is 0 Å². The number of hydrogen-bond donors (Lipinski definition) is 1. The van der Waals surface area contributed by atoms with Gasteiger partial charge < -0.3 is 14.8 Å². The smallest absolute Gasteiger partial charge is 0.248 e. The highest BCUT2D eigenvalue weighted by molar-refractivity contribution is 6.01. The Hall–Kier alpha value is -2.75. The van der Waals surface area contributed by atoms with E-state index in [1.807, 2.05) is 55.5 Å². The molecule has 0 bridgehead atoms. The van der Waals surface area contributed by atoms with E-state index < -0.39 is 0 Å². The summed E-state index contributed by atoms with van der Waals surface area (Å²) in [6, 6.07) is 15.0. The second kappa shape index (κ2) is 10.2. The van der Waals surface area contributed by atoms with Gasteiger partial charge in [0, 0.05) is 11.8 Å². The molecule has 0 atom stereocenters. The van der Waals surface area contributed by atoms with Crippen LogP contribution in [-0.2, 0) is 4.79 Å². The molecule has 0 aromatic heterocycles. The van der Waals surface area contributed by atoms with Gasteiger partial charge in [-0.05, 0) is 61.4 Å². The topological polar surface area (TPSA) is 47.6 Å². The molecule has 4 heteroatoms. The minimum Gasteiger partial charge on any atom is -0.494 e. The molecular weight excluding hydrogens is 314 g/mol. The van der Waals surface area contributed by atoms with Gasteiger partial charge in [-0.2, -0.15) is 0 Å².